The van der Waals surface area contributed by atoms with Gasteiger partial charge in [0.05, 0.1) is 0 Å². The molecule has 0 fully saturated rings. The molecule has 0 bridgehead atoms. The molecule has 0 aliphatic carbocycles. The Balaban J connectivity index is 2.73. The summed E-state index contributed by atoms with van der Waals surface area (Å²) in [6.07, 6.45) is 0. The first kappa shape index (κ1) is 12.5. The van der Waals surface area contributed by atoms with Gasteiger partial charge in [-0.25, -0.2) is 0 Å². The fourth-order valence-corrected chi connectivity index (χ4v) is 1.65. The summed E-state index contributed by atoms with van der Waals surface area (Å²) in [5.41, 5.74) is 1.59. The number of hydrogen-bond donors (Lipinski definition) is 1. The summed E-state index contributed by atoms with van der Waals surface area (Å²) >= 11 is 9.23. The van der Waals surface area contributed by atoms with Crippen LogP contribution in [0.4, 0.5) is 0 Å². The predicted octanol–water partition coefficient (Wildman–Crippen LogP) is 3.16. The van der Waals surface area contributed by atoms with Gasteiger partial charge in [0.2, 0.25) is 0 Å². The molecule has 82 valence electrons. The number of carbonyl (C=O) groups excluding carboxylic acids is 1. The maximum atomic E-state index is 11.7. The van der Waals surface area contributed by atoms with Gasteiger partial charge in [0.25, 0.3) is 5.91 Å². The maximum Gasteiger partial charge on any atom is 0.251 e. The first-order chi connectivity index (χ1) is 6.99. The van der Waals surface area contributed by atoms with Gasteiger partial charge in [-0.1, -0.05) is 34.5 Å². The number of aryl methyl sites for hydroxylation is 1. The molecule has 0 saturated carbocycles. The van der Waals surface area contributed by atoms with Gasteiger partial charge in [0.15, 0.2) is 0 Å². The lowest BCUT2D eigenvalue weighted by molar-refractivity contribution is 0.0954. The van der Waals surface area contributed by atoms with E-state index in [-0.39, 0.29) is 10.7 Å². The fraction of sp³-hybridized carbons (Fsp3) is 0.364. The van der Waals surface area contributed by atoms with Gasteiger partial charge in [-0.3, -0.25) is 4.79 Å². The second-order valence-corrected chi connectivity index (χ2v) is 5.51. The van der Waals surface area contributed by atoms with Crippen LogP contribution in [0.15, 0.2) is 18.2 Å². The summed E-state index contributed by atoms with van der Waals surface area (Å²) in [5.74, 6) is -0.0908. The molecular weight excluding hydrogens is 277 g/mol. The third kappa shape index (κ3) is 4.22. The molecule has 0 radical (unpaired) electrons. The molecule has 0 spiro atoms. The summed E-state index contributed by atoms with van der Waals surface area (Å²) in [4.78, 5) is 11.9. The number of amides is 1. The molecule has 4 heteroatoms. The van der Waals surface area contributed by atoms with Gasteiger partial charge in [-0.05, 0) is 30.7 Å². The van der Waals surface area contributed by atoms with Crippen molar-refractivity contribution in [2.75, 3.05) is 6.54 Å². The molecule has 2 nitrogen and oxygen atoms in total. The average molecular weight is 291 g/mol. The average Bonchev–Trinajstić information content (AvgIpc) is 2.12. The molecule has 0 aromatic heterocycles. The summed E-state index contributed by atoms with van der Waals surface area (Å²) in [6, 6.07) is 5.31. The van der Waals surface area contributed by atoms with E-state index in [1.165, 1.54) is 0 Å². The van der Waals surface area contributed by atoms with Gasteiger partial charge in [0, 0.05) is 22.0 Å². The lowest BCUT2D eigenvalue weighted by Gasteiger charge is -2.07. The van der Waals surface area contributed by atoms with Gasteiger partial charge in [-0.15, -0.1) is 0 Å². The molecule has 0 heterocycles. The summed E-state index contributed by atoms with van der Waals surface area (Å²) in [7, 11) is 0. The van der Waals surface area contributed by atoms with Crippen LogP contribution in [0.25, 0.3) is 0 Å². The van der Waals surface area contributed by atoms with Crippen LogP contribution in [0.5, 0.6) is 0 Å². The molecule has 0 aliphatic heterocycles. The van der Waals surface area contributed by atoms with Crippen molar-refractivity contribution < 1.29 is 4.79 Å². The van der Waals surface area contributed by atoms with Crippen molar-refractivity contribution in [3.8, 4) is 0 Å². The molecule has 1 atom stereocenters. The second-order valence-electron chi connectivity index (χ2n) is 3.51. The first-order valence-corrected chi connectivity index (χ1v) is 5.98. The largest absolute Gasteiger partial charge is 0.351 e. The van der Waals surface area contributed by atoms with E-state index in [0.29, 0.717) is 17.1 Å². The van der Waals surface area contributed by atoms with Crippen molar-refractivity contribution in [2.24, 2.45) is 0 Å². The third-order valence-corrected chi connectivity index (χ3v) is 2.39. The van der Waals surface area contributed by atoms with Crippen LogP contribution < -0.4 is 5.32 Å². The minimum Gasteiger partial charge on any atom is -0.351 e. The molecule has 0 saturated heterocycles. The number of rotatable bonds is 3. The van der Waals surface area contributed by atoms with Crippen molar-refractivity contribution in [2.45, 2.75) is 18.7 Å². The Morgan fingerprint density at radius 2 is 2.20 bits per heavy atom. The second kappa shape index (κ2) is 5.52. The van der Waals surface area contributed by atoms with Crippen LogP contribution in [-0.4, -0.2) is 17.3 Å². The highest BCUT2D eigenvalue weighted by Crippen LogP contribution is 2.14. The quantitative estimate of drug-likeness (QED) is 0.851. The number of alkyl halides is 1. The van der Waals surface area contributed by atoms with Crippen LogP contribution in [0, 0.1) is 6.92 Å². The zero-order valence-electron chi connectivity index (χ0n) is 8.68. The number of halogens is 2. The summed E-state index contributed by atoms with van der Waals surface area (Å²) < 4.78 is 0. The maximum absolute atomic E-state index is 11.7. The Morgan fingerprint density at radius 1 is 1.53 bits per heavy atom. The Hall–Kier alpha value is -0.540. The third-order valence-electron chi connectivity index (χ3n) is 1.85. The van der Waals surface area contributed by atoms with Gasteiger partial charge < -0.3 is 5.32 Å². The van der Waals surface area contributed by atoms with Crippen molar-refractivity contribution >= 4 is 33.4 Å². The highest BCUT2D eigenvalue weighted by atomic mass is 79.9. The lowest BCUT2D eigenvalue weighted by Crippen LogP contribution is -2.28. The topological polar surface area (TPSA) is 29.1 Å². The summed E-state index contributed by atoms with van der Waals surface area (Å²) in [6.45, 7) is 4.49. The number of carbonyl (C=O) groups is 1. The number of nitrogens with one attached hydrogen (secondary N) is 1. The minimum absolute atomic E-state index is 0.0908. The van der Waals surface area contributed by atoms with E-state index in [4.69, 9.17) is 11.6 Å². The van der Waals surface area contributed by atoms with E-state index >= 15 is 0 Å². The van der Waals surface area contributed by atoms with Crippen LogP contribution >= 0.6 is 27.5 Å². The van der Waals surface area contributed by atoms with E-state index in [9.17, 15) is 4.79 Å². The Labute approximate surface area is 103 Å². The lowest BCUT2D eigenvalue weighted by atomic mass is 10.1. The van der Waals surface area contributed by atoms with Crippen LogP contribution in [0.3, 0.4) is 0 Å². The van der Waals surface area contributed by atoms with Crippen molar-refractivity contribution in [3.63, 3.8) is 0 Å². The standard InChI is InChI=1S/C11H13BrClNO/c1-7-3-9(5-10(13)4-7)11(15)14-6-8(2)12/h3-5,8H,6H2,1-2H3,(H,14,15). The zero-order valence-corrected chi connectivity index (χ0v) is 11.0. The van der Waals surface area contributed by atoms with E-state index < -0.39 is 0 Å². The van der Waals surface area contributed by atoms with Crippen LogP contribution in [0.1, 0.15) is 22.8 Å². The number of benzene rings is 1. The molecule has 1 aromatic carbocycles. The summed E-state index contributed by atoms with van der Waals surface area (Å²) in [5, 5.41) is 3.40. The fourth-order valence-electron chi connectivity index (χ4n) is 1.20. The Kier molecular flexibility index (Phi) is 4.61. The van der Waals surface area contributed by atoms with E-state index in [0.717, 1.165) is 5.56 Å². The predicted molar refractivity (Wildman–Crippen MR) is 66.9 cm³/mol. The Morgan fingerprint density at radius 3 is 2.73 bits per heavy atom. The van der Waals surface area contributed by atoms with Crippen molar-refractivity contribution in [1.82, 2.24) is 5.32 Å². The van der Waals surface area contributed by atoms with E-state index in [1.54, 1.807) is 6.07 Å². The molecule has 1 rings (SSSR count). The van der Waals surface area contributed by atoms with Crippen LogP contribution in [0.2, 0.25) is 5.02 Å². The van der Waals surface area contributed by atoms with Gasteiger partial charge in [0.1, 0.15) is 0 Å². The molecular formula is C11H13BrClNO. The van der Waals surface area contributed by atoms with Gasteiger partial charge in [-0.2, -0.15) is 0 Å². The highest BCUT2D eigenvalue weighted by Gasteiger charge is 2.07. The molecule has 0 aliphatic rings. The minimum atomic E-state index is -0.0908. The van der Waals surface area contributed by atoms with Gasteiger partial charge >= 0.3 is 0 Å². The van der Waals surface area contributed by atoms with E-state index in [1.807, 2.05) is 26.0 Å². The molecule has 1 N–H and O–H groups in total. The van der Waals surface area contributed by atoms with Crippen LogP contribution in [-0.2, 0) is 0 Å². The Bertz CT molecular complexity index is 345. The first-order valence-electron chi connectivity index (χ1n) is 4.68. The highest BCUT2D eigenvalue weighted by molar-refractivity contribution is 9.09. The monoisotopic (exact) mass is 289 g/mol. The van der Waals surface area contributed by atoms with Crippen molar-refractivity contribution in [1.29, 1.82) is 0 Å². The molecule has 1 amide bonds. The molecule has 1 unspecified atom stereocenters. The zero-order chi connectivity index (χ0) is 11.4. The van der Waals surface area contributed by atoms with Crippen molar-refractivity contribution in [3.05, 3.63) is 34.3 Å². The molecule has 1 aromatic rings. The molecule has 15 heavy (non-hydrogen) atoms. The SMILES string of the molecule is Cc1cc(Cl)cc(C(=O)NCC(C)Br)c1. The normalized spacial score (nSPS) is 12.3. The number of hydrogen-bond acceptors (Lipinski definition) is 1. The smallest absolute Gasteiger partial charge is 0.251 e. The van der Waals surface area contributed by atoms with E-state index in [2.05, 4.69) is 21.2 Å².